The van der Waals surface area contributed by atoms with Crippen LogP contribution < -0.4 is 10.2 Å². The van der Waals surface area contributed by atoms with Crippen LogP contribution in [-0.4, -0.2) is 29.9 Å². The summed E-state index contributed by atoms with van der Waals surface area (Å²) < 4.78 is 0.887. The van der Waals surface area contributed by atoms with Crippen LogP contribution in [0.4, 0.5) is 5.82 Å². The molecule has 1 aromatic rings. The van der Waals surface area contributed by atoms with Gasteiger partial charge in [-0.1, -0.05) is 0 Å². The van der Waals surface area contributed by atoms with Crippen LogP contribution in [0, 0.1) is 23.2 Å². The molecule has 4 saturated carbocycles. The van der Waals surface area contributed by atoms with E-state index in [-0.39, 0.29) is 17.2 Å². The summed E-state index contributed by atoms with van der Waals surface area (Å²) in [7, 11) is 0. The van der Waals surface area contributed by atoms with Crippen LogP contribution in [0.25, 0.3) is 0 Å². The standard InChI is InChI=1S/C21H28BrN3O2/c1-2-25(18-4-3-17(22)13-24-18)19(26)5-6-23-20(27)21-10-14-7-15(11-21)9-16(8-14)12-21/h3-4,13-16H,2,5-12H2,1H3,(H,23,27). The van der Waals surface area contributed by atoms with Crippen molar-refractivity contribution in [2.24, 2.45) is 23.2 Å². The molecule has 6 heteroatoms. The van der Waals surface area contributed by atoms with Crippen molar-refractivity contribution in [3.05, 3.63) is 22.8 Å². The molecule has 4 aliphatic carbocycles. The van der Waals surface area contributed by atoms with E-state index >= 15 is 0 Å². The Morgan fingerprint density at radius 3 is 2.33 bits per heavy atom. The molecular weight excluding hydrogens is 406 g/mol. The lowest BCUT2D eigenvalue weighted by Crippen LogP contribution is -2.53. The fraction of sp³-hybridized carbons (Fsp3) is 0.667. The van der Waals surface area contributed by atoms with Crippen LogP contribution in [0.1, 0.15) is 51.9 Å². The van der Waals surface area contributed by atoms with Gasteiger partial charge in [-0.3, -0.25) is 14.5 Å². The average Bonchev–Trinajstić information content (AvgIpc) is 2.62. The van der Waals surface area contributed by atoms with E-state index in [1.807, 2.05) is 19.1 Å². The third kappa shape index (κ3) is 3.78. The molecule has 0 aromatic carbocycles. The Morgan fingerprint density at radius 1 is 1.19 bits per heavy atom. The van der Waals surface area contributed by atoms with E-state index in [9.17, 15) is 9.59 Å². The van der Waals surface area contributed by atoms with Gasteiger partial charge in [0, 0.05) is 35.6 Å². The van der Waals surface area contributed by atoms with Crippen LogP contribution in [0.15, 0.2) is 22.8 Å². The predicted octanol–water partition coefficient (Wildman–Crippen LogP) is 3.92. The molecule has 0 radical (unpaired) electrons. The number of amides is 2. The summed E-state index contributed by atoms with van der Waals surface area (Å²) in [5, 5.41) is 3.10. The number of nitrogens with one attached hydrogen (secondary N) is 1. The van der Waals surface area contributed by atoms with Crippen LogP contribution in [0.2, 0.25) is 0 Å². The number of hydrogen-bond acceptors (Lipinski definition) is 3. The van der Waals surface area contributed by atoms with E-state index in [0.29, 0.717) is 25.3 Å². The van der Waals surface area contributed by atoms with Crippen LogP contribution in [0.5, 0.6) is 0 Å². The van der Waals surface area contributed by atoms with E-state index in [0.717, 1.165) is 41.5 Å². The molecule has 4 aliphatic rings. The van der Waals surface area contributed by atoms with Gasteiger partial charge in [0.25, 0.3) is 0 Å². The van der Waals surface area contributed by atoms with E-state index < -0.39 is 0 Å². The number of carbonyl (C=O) groups is 2. The van der Waals surface area contributed by atoms with Gasteiger partial charge in [0.1, 0.15) is 5.82 Å². The summed E-state index contributed by atoms with van der Waals surface area (Å²) in [5.41, 5.74) is -0.143. The van der Waals surface area contributed by atoms with E-state index in [2.05, 4.69) is 26.2 Å². The molecule has 4 fully saturated rings. The zero-order valence-corrected chi connectivity index (χ0v) is 17.5. The molecule has 1 aromatic heterocycles. The molecule has 1 heterocycles. The molecule has 27 heavy (non-hydrogen) atoms. The number of carbonyl (C=O) groups excluding carboxylic acids is 2. The van der Waals surface area contributed by atoms with Gasteiger partial charge >= 0.3 is 0 Å². The van der Waals surface area contributed by atoms with Crippen LogP contribution >= 0.6 is 15.9 Å². The minimum atomic E-state index is -0.143. The molecule has 5 nitrogen and oxygen atoms in total. The number of hydrogen-bond donors (Lipinski definition) is 1. The van der Waals surface area contributed by atoms with Crippen molar-refractivity contribution in [1.82, 2.24) is 10.3 Å². The summed E-state index contributed by atoms with van der Waals surface area (Å²) in [5.74, 6) is 3.10. The van der Waals surface area contributed by atoms with Crippen LogP contribution in [-0.2, 0) is 9.59 Å². The maximum atomic E-state index is 13.0. The highest BCUT2D eigenvalue weighted by Gasteiger charge is 2.54. The van der Waals surface area contributed by atoms with Gasteiger partial charge in [0.2, 0.25) is 11.8 Å². The van der Waals surface area contributed by atoms with Gasteiger partial charge in [-0.05, 0) is 91.3 Å². The minimum Gasteiger partial charge on any atom is -0.355 e. The van der Waals surface area contributed by atoms with Gasteiger partial charge < -0.3 is 5.32 Å². The number of nitrogens with zero attached hydrogens (tertiary/aromatic N) is 2. The average molecular weight is 434 g/mol. The summed E-state index contributed by atoms with van der Waals surface area (Å²) in [4.78, 5) is 31.6. The van der Waals surface area contributed by atoms with Crippen molar-refractivity contribution < 1.29 is 9.59 Å². The Balaban J connectivity index is 1.32. The quantitative estimate of drug-likeness (QED) is 0.739. The summed E-state index contributed by atoms with van der Waals surface area (Å²) >= 11 is 3.36. The highest BCUT2D eigenvalue weighted by Crippen LogP contribution is 2.60. The molecule has 146 valence electrons. The van der Waals surface area contributed by atoms with E-state index in [1.165, 1.54) is 19.3 Å². The second kappa shape index (κ2) is 7.53. The van der Waals surface area contributed by atoms with Gasteiger partial charge in [-0.15, -0.1) is 0 Å². The van der Waals surface area contributed by atoms with Crippen molar-refractivity contribution in [1.29, 1.82) is 0 Å². The van der Waals surface area contributed by atoms with Crippen molar-refractivity contribution in [2.45, 2.75) is 51.9 Å². The van der Waals surface area contributed by atoms with Gasteiger partial charge in [-0.25, -0.2) is 4.98 Å². The molecule has 2 amide bonds. The largest absolute Gasteiger partial charge is 0.355 e. The monoisotopic (exact) mass is 433 g/mol. The topological polar surface area (TPSA) is 62.3 Å². The van der Waals surface area contributed by atoms with Crippen molar-refractivity contribution >= 4 is 33.6 Å². The van der Waals surface area contributed by atoms with E-state index in [4.69, 9.17) is 0 Å². The van der Waals surface area contributed by atoms with Crippen LogP contribution in [0.3, 0.4) is 0 Å². The first kappa shape index (κ1) is 18.9. The van der Waals surface area contributed by atoms with Crippen molar-refractivity contribution in [2.75, 3.05) is 18.0 Å². The Kier molecular flexibility index (Phi) is 5.28. The lowest BCUT2D eigenvalue weighted by molar-refractivity contribution is -0.146. The molecule has 5 rings (SSSR count). The van der Waals surface area contributed by atoms with E-state index in [1.54, 1.807) is 11.1 Å². The fourth-order valence-electron chi connectivity index (χ4n) is 5.99. The minimum absolute atomic E-state index is 0.00173. The number of pyridine rings is 1. The van der Waals surface area contributed by atoms with Gasteiger partial charge in [-0.2, -0.15) is 0 Å². The molecule has 0 unspecified atom stereocenters. The maximum absolute atomic E-state index is 13.0. The first-order chi connectivity index (χ1) is 13.0. The van der Waals surface area contributed by atoms with Gasteiger partial charge in [0.15, 0.2) is 0 Å². The number of rotatable bonds is 6. The zero-order chi connectivity index (χ0) is 19.0. The normalized spacial score (nSPS) is 31.0. The third-order valence-electron chi connectivity index (χ3n) is 6.75. The molecule has 4 bridgehead atoms. The summed E-state index contributed by atoms with van der Waals surface area (Å²) in [6, 6.07) is 3.71. The Morgan fingerprint density at radius 2 is 1.81 bits per heavy atom. The Labute approximate surface area is 169 Å². The molecule has 0 saturated heterocycles. The maximum Gasteiger partial charge on any atom is 0.229 e. The third-order valence-corrected chi connectivity index (χ3v) is 7.22. The smallest absolute Gasteiger partial charge is 0.229 e. The summed E-state index contributed by atoms with van der Waals surface area (Å²) in [6.07, 6.45) is 9.17. The Hall–Kier alpha value is -1.43. The Bertz CT molecular complexity index is 683. The molecule has 0 aliphatic heterocycles. The highest BCUT2D eigenvalue weighted by molar-refractivity contribution is 9.10. The first-order valence-corrected chi connectivity index (χ1v) is 11.0. The fourth-order valence-corrected chi connectivity index (χ4v) is 6.22. The van der Waals surface area contributed by atoms with Crippen molar-refractivity contribution in [3.63, 3.8) is 0 Å². The molecule has 0 spiro atoms. The molecule has 1 N–H and O–H groups in total. The second-order valence-electron chi connectivity index (χ2n) is 8.68. The summed E-state index contributed by atoms with van der Waals surface area (Å²) in [6.45, 7) is 2.92. The number of halogens is 1. The first-order valence-electron chi connectivity index (χ1n) is 10.2. The number of anilines is 1. The zero-order valence-electron chi connectivity index (χ0n) is 15.9. The van der Waals surface area contributed by atoms with Gasteiger partial charge in [0.05, 0.1) is 0 Å². The molecule has 0 atom stereocenters. The lowest BCUT2D eigenvalue weighted by Gasteiger charge is -2.55. The highest BCUT2D eigenvalue weighted by atomic mass is 79.9. The number of aromatic nitrogens is 1. The predicted molar refractivity (Wildman–Crippen MR) is 108 cm³/mol. The molecular formula is C21H28BrN3O2. The van der Waals surface area contributed by atoms with Crippen molar-refractivity contribution in [3.8, 4) is 0 Å². The second-order valence-corrected chi connectivity index (χ2v) is 9.59. The SMILES string of the molecule is CCN(C(=O)CCNC(=O)C12CC3CC(CC(C3)C1)C2)c1ccc(Br)cn1. The lowest BCUT2D eigenvalue weighted by atomic mass is 9.49.